The van der Waals surface area contributed by atoms with Crippen LogP contribution in [0.2, 0.25) is 0 Å². The molecule has 4 nitrogen and oxygen atoms in total. The van der Waals surface area contributed by atoms with Gasteiger partial charge < -0.3 is 4.90 Å². The first kappa shape index (κ1) is 16.8. The standard InChI is InChI=1S/C16H29NO3S/c1-2-17(14-8-4-3-5-9-14)16(18)12-13-21(19,20)15-10-6-7-11-15/h14-15H,2-13H2,1H3. The smallest absolute Gasteiger partial charge is 0.223 e. The molecular formula is C16H29NO3S. The van der Waals surface area contributed by atoms with Gasteiger partial charge in [0.2, 0.25) is 5.91 Å². The maximum Gasteiger partial charge on any atom is 0.223 e. The maximum absolute atomic E-state index is 12.4. The van der Waals surface area contributed by atoms with Crippen molar-refractivity contribution in [1.82, 2.24) is 4.90 Å². The summed E-state index contributed by atoms with van der Waals surface area (Å²) in [6, 6.07) is 0.338. The lowest BCUT2D eigenvalue weighted by molar-refractivity contribution is -0.133. The lowest BCUT2D eigenvalue weighted by Gasteiger charge is -2.33. The zero-order valence-corrected chi connectivity index (χ0v) is 14.0. The van der Waals surface area contributed by atoms with Crippen LogP contribution in [0, 0.1) is 0 Å². The van der Waals surface area contributed by atoms with Gasteiger partial charge in [0.1, 0.15) is 0 Å². The van der Waals surface area contributed by atoms with Crippen molar-refractivity contribution in [3.8, 4) is 0 Å². The Balaban J connectivity index is 1.87. The highest BCUT2D eigenvalue weighted by Crippen LogP contribution is 2.26. The second-order valence-electron chi connectivity index (χ2n) is 6.50. The fourth-order valence-electron chi connectivity index (χ4n) is 3.82. The third kappa shape index (κ3) is 4.44. The van der Waals surface area contributed by atoms with Gasteiger partial charge in [-0.1, -0.05) is 32.1 Å². The van der Waals surface area contributed by atoms with Crippen LogP contribution in [-0.4, -0.2) is 42.8 Å². The second kappa shape index (κ2) is 7.61. The van der Waals surface area contributed by atoms with Crippen LogP contribution >= 0.6 is 0 Å². The van der Waals surface area contributed by atoms with E-state index < -0.39 is 9.84 Å². The third-order valence-electron chi connectivity index (χ3n) is 5.09. The molecule has 21 heavy (non-hydrogen) atoms. The van der Waals surface area contributed by atoms with Crippen molar-refractivity contribution in [3.63, 3.8) is 0 Å². The molecule has 1 amide bonds. The lowest BCUT2D eigenvalue weighted by Crippen LogP contribution is -2.42. The van der Waals surface area contributed by atoms with Crippen molar-refractivity contribution in [2.45, 2.75) is 82.4 Å². The molecule has 0 aliphatic heterocycles. The molecule has 2 rings (SSSR count). The van der Waals surface area contributed by atoms with Crippen molar-refractivity contribution in [2.75, 3.05) is 12.3 Å². The molecule has 0 aromatic heterocycles. The summed E-state index contributed by atoms with van der Waals surface area (Å²) in [7, 11) is -3.08. The van der Waals surface area contributed by atoms with Gasteiger partial charge >= 0.3 is 0 Å². The van der Waals surface area contributed by atoms with Crippen LogP contribution in [0.4, 0.5) is 0 Å². The summed E-state index contributed by atoms with van der Waals surface area (Å²) in [5, 5.41) is -0.185. The van der Waals surface area contributed by atoms with Gasteiger partial charge in [0.15, 0.2) is 9.84 Å². The number of hydrogen-bond acceptors (Lipinski definition) is 3. The fraction of sp³-hybridized carbons (Fsp3) is 0.938. The SMILES string of the molecule is CCN(C(=O)CCS(=O)(=O)C1CCCC1)C1CCCCC1. The molecule has 2 aliphatic rings. The molecule has 0 unspecified atom stereocenters. The van der Waals surface area contributed by atoms with Crippen molar-refractivity contribution in [2.24, 2.45) is 0 Å². The minimum absolute atomic E-state index is 0.0333. The summed E-state index contributed by atoms with van der Waals surface area (Å²) in [4.78, 5) is 14.3. The van der Waals surface area contributed by atoms with E-state index >= 15 is 0 Å². The Labute approximate surface area is 129 Å². The van der Waals surface area contributed by atoms with Gasteiger partial charge in [0.05, 0.1) is 11.0 Å². The molecule has 0 aromatic rings. The van der Waals surface area contributed by atoms with Crippen LogP contribution in [0.3, 0.4) is 0 Å². The van der Waals surface area contributed by atoms with Crippen LogP contribution < -0.4 is 0 Å². The Hall–Kier alpha value is -0.580. The maximum atomic E-state index is 12.4. The number of rotatable bonds is 6. The summed E-state index contributed by atoms with van der Waals surface area (Å²) in [5.74, 6) is 0.0747. The molecular weight excluding hydrogens is 286 g/mol. The van der Waals surface area contributed by atoms with Gasteiger partial charge in [0.25, 0.3) is 0 Å². The summed E-state index contributed by atoms with van der Waals surface area (Å²) >= 11 is 0. The molecule has 0 heterocycles. The summed E-state index contributed by atoms with van der Waals surface area (Å²) in [5.41, 5.74) is 0. The van der Waals surface area contributed by atoms with Gasteiger partial charge in [-0.25, -0.2) is 8.42 Å². The van der Waals surface area contributed by atoms with Gasteiger partial charge in [-0.2, -0.15) is 0 Å². The first-order valence-electron chi connectivity index (χ1n) is 8.55. The molecule has 5 heteroatoms. The Morgan fingerprint density at radius 1 is 1.00 bits per heavy atom. The molecule has 0 N–H and O–H groups in total. The number of nitrogens with zero attached hydrogens (tertiary/aromatic N) is 1. The van der Waals surface area contributed by atoms with E-state index in [4.69, 9.17) is 0 Å². The highest BCUT2D eigenvalue weighted by atomic mass is 32.2. The van der Waals surface area contributed by atoms with Crippen LogP contribution in [0.15, 0.2) is 0 Å². The normalized spacial score (nSPS) is 21.6. The van der Waals surface area contributed by atoms with E-state index in [2.05, 4.69) is 0 Å². The summed E-state index contributed by atoms with van der Waals surface area (Å²) < 4.78 is 24.5. The average Bonchev–Trinajstić information content (AvgIpc) is 3.02. The number of sulfone groups is 1. The molecule has 0 aromatic carbocycles. The molecule has 0 radical (unpaired) electrons. The fourth-order valence-corrected chi connectivity index (χ4v) is 5.66. The Kier molecular flexibility index (Phi) is 6.08. The van der Waals surface area contributed by atoms with Crippen molar-refractivity contribution in [1.29, 1.82) is 0 Å². The quantitative estimate of drug-likeness (QED) is 0.757. The zero-order valence-electron chi connectivity index (χ0n) is 13.2. The Morgan fingerprint density at radius 3 is 2.14 bits per heavy atom. The van der Waals surface area contributed by atoms with E-state index in [-0.39, 0.29) is 23.3 Å². The van der Waals surface area contributed by atoms with Gasteiger partial charge in [0, 0.05) is 19.0 Å². The lowest BCUT2D eigenvalue weighted by atomic mass is 9.94. The van der Waals surface area contributed by atoms with Gasteiger partial charge in [-0.3, -0.25) is 4.79 Å². The number of hydrogen-bond donors (Lipinski definition) is 0. The molecule has 122 valence electrons. The van der Waals surface area contributed by atoms with Crippen molar-refractivity contribution in [3.05, 3.63) is 0 Å². The number of carbonyl (C=O) groups excluding carboxylic acids is 1. The van der Waals surface area contributed by atoms with Crippen LogP contribution in [0.5, 0.6) is 0 Å². The molecule has 0 bridgehead atoms. The largest absolute Gasteiger partial charge is 0.340 e. The van der Waals surface area contributed by atoms with Gasteiger partial charge in [-0.15, -0.1) is 0 Å². The van der Waals surface area contributed by atoms with E-state index in [1.165, 1.54) is 19.3 Å². The van der Waals surface area contributed by atoms with Crippen LogP contribution in [-0.2, 0) is 14.6 Å². The van der Waals surface area contributed by atoms with E-state index in [0.717, 1.165) is 38.5 Å². The molecule has 2 saturated carbocycles. The minimum Gasteiger partial charge on any atom is -0.340 e. The van der Waals surface area contributed by atoms with Crippen molar-refractivity contribution < 1.29 is 13.2 Å². The van der Waals surface area contributed by atoms with Crippen molar-refractivity contribution >= 4 is 15.7 Å². The predicted octanol–water partition coefficient (Wildman–Crippen LogP) is 2.92. The summed E-state index contributed by atoms with van der Waals surface area (Å²) in [6.45, 7) is 2.70. The van der Waals surface area contributed by atoms with E-state index in [9.17, 15) is 13.2 Å². The Bertz CT molecular complexity index is 434. The van der Waals surface area contributed by atoms with E-state index in [1.807, 2.05) is 11.8 Å². The Morgan fingerprint density at radius 2 is 1.57 bits per heavy atom. The molecule has 0 saturated heterocycles. The second-order valence-corrected chi connectivity index (χ2v) is 8.90. The first-order chi connectivity index (χ1) is 10.0. The third-order valence-corrected chi connectivity index (χ3v) is 7.35. The van der Waals surface area contributed by atoms with Gasteiger partial charge in [-0.05, 0) is 32.6 Å². The highest BCUT2D eigenvalue weighted by Gasteiger charge is 2.30. The highest BCUT2D eigenvalue weighted by molar-refractivity contribution is 7.92. The molecule has 2 fully saturated rings. The number of amides is 1. The van der Waals surface area contributed by atoms with Crippen LogP contribution in [0.1, 0.15) is 71.1 Å². The topological polar surface area (TPSA) is 54.5 Å². The van der Waals surface area contributed by atoms with E-state index in [0.29, 0.717) is 12.6 Å². The minimum atomic E-state index is -3.08. The van der Waals surface area contributed by atoms with Crippen LogP contribution in [0.25, 0.3) is 0 Å². The summed E-state index contributed by atoms with van der Waals surface area (Å²) in [6.07, 6.45) is 9.57. The monoisotopic (exact) mass is 315 g/mol. The average molecular weight is 315 g/mol. The first-order valence-corrected chi connectivity index (χ1v) is 10.3. The molecule has 0 spiro atoms. The molecule has 0 atom stereocenters. The van der Waals surface area contributed by atoms with E-state index in [1.54, 1.807) is 0 Å². The molecule has 2 aliphatic carbocycles. The number of carbonyl (C=O) groups is 1. The predicted molar refractivity (Wildman–Crippen MR) is 84.9 cm³/mol. The zero-order chi connectivity index (χ0) is 15.3.